The summed E-state index contributed by atoms with van der Waals surface area (Å²) in [6, 6.07) is 0. The Bertz CT molecular complexity index is 353. The summed E-state index contributed by atoms with van der Waals surface area (Å²) in [6.45, 7) is -5.73. The predicted octanol–water partition coefficient (Wildman–Crippen LogP) is 0.457. The molecule has 0 aliphatic heterocycles. The average molecular weight is 144 g/mol. The lowest BCUT2D eigenvalue weighted by molar-refractivity contribution is 0.326. The van der Waals surface area contributed by atoms with Crippen molar-refractivity contribution in [1.29, 1.82) is 0 Å². The number of hydrogen-bond donors (Lipinski definition) is 1. The molecule has 1 aromatic heterocycles. The molecule has 4 nitrogen and oxygen atoms in total. The Morgan fingerprint density at radius 1 is 1.90 bits per heavy atom. The minimum absolute atomic E-state index is 0.0221. The largest absolute Gasteiger partial charge is 0.477 e. The first-order valence-corrected chi connectivity index (χ1v) is 2.49. The zero-order valence-electron chi connectivity index (χ0n) is 10.0. The number of nitrogens with zero attached hydrogens (tertiary/aromatic N) is 2. The molecule has 0 saturated carbocycles. The molecule has 0 atom stereocenters. The van der Waals surface area contributed by atoms with Gasteiger partial charge in [0.25, 0.3) is 0 Å². The van der Waals surface area contributed by atoms with Gasteiger partial charge in [-0.05, 0) is 6.85 Å². The molecule has 10 heavy (non-hydrogen) atoms. The van der Waals surface area contributed by atoms with Crippen molar-refractivity contribution in [3.63, 3.8) is 0 Å². The fourth-order valence-corrected chi connectivity index (χ4v) is 0.464. The van der Waals surface area contributed by atoms with Gasteiger partial charge in [-0.25, -0.2) is 0 Å². The molecule has 0 unspecified atom stereocenters. The first-order valence-electron chi connectivity index (χ1n) is 4.99. The predicted molar refractivity (Wildman–Crippen MR) is 37.6 cm³/mol. The third-order valence-corrected chi connectivity index (χ3v) is 0.787. The molecule has 2 N–H and O–H groups in total. The average Bonchev–Trinajstić information content (AvgIpc) is 2.00. The van der Waals surface area contributed by atoms with Crippen molar-refractivity contribution in [1.82, 2.24) is 9.97 Å². The lowest BCUT2D eigenvalue weighted by atomic mass is 10.6. The minimum Gasteiger partial charge on any atom is -0.477 e. The first kappa shape index (κ1) is 2.74. The number of hydrogen-bond acceptors (Lipinski definition) is 4. The first-order chi connectivity index (χ1) is 6.72. The maximum atomic E-state index is 7.16. The highest BCUT2D eigenvalue weighted by molar-refractivity contribution is 5.25. The van der Waals surface area contributed by atoms with Crippen molar-refractivity contribution in [3.8, 4) is 5.88 Å². The smallest absolute Gasteiger partial charge is 0.234 e. The van der Waals surface area contributed by atoms with Crippen LogP contribution in [0, 0.1) is 0 Å². The van der Waals surface area contributed by atoms with Gasteiger partial charge in [0.05, 0.1) is 21.7 Å². The van der Waals surface area contributed by atoms with E-state index in [2.05, 4.69) is 14.7 Å². The number of aromatic nitrogens is 2. The van der Waals surface area contributed by atoms with Crippen LogP contribution in [-0.2, 0) is 0 Å². The van der Waals surface area contributed by atoms with E-state index in [0.717, 1.165) is 6.20 Å². The molecule has 0 spiro atoms. The summed E-state index contributed by atoms with van der Waals surface area (Å²) in [7, 11) is 0. The van der Waals surface area contributed by atoms with Crippen LogP contribution in [-0.4, -0.2) is 16.5 Å². The highest BCUT2D eigenvalue weighted by atomic mass is 16.5. The molecule has 0 aromatic carbocycles. The molecule has 54 valence electrons. The molecule has 0 bridgehead atoms. The lowest BCUT2D eigenvalue weighted by Crippen LogP contribution is -1.97. The van der Waals surface area contributed by atoms with Gasteiger partial charge in [0.1, 0.15) is 5.82 Å². The van der Waals surface area contributed by atoms with Gasteiger partial charge in [-0.2, -0.15) is 4.98 Å². The maximum Gasteiger partial charge on any atom is 0.234 e. The lowest BCUT2D eigenvalue weighted by Gasteiger charge is -1.99. The van der Waals surface area contributed by atoms with E-state index >= 15 is 0 Å². The normalized spacial score (nSPS) is 19.4. The second-order valence-electron chi connectivity index (χ2n) is 1.49. The van der Waals surface area contributed by atoms with Crippen molar-refractivity contribution in [2.45, 2.75) is 6.85 Å². The Labute approximate surface area is 66.1 Å². The molecule has 0 fully saturated rings. The van der Waals surface area contributed by atoms with Gasteiger partial charge in [-0.3, -0.25) is 4.98 Å². The monoisotopic (exact) mass is 144 g/mol. The van der Waals surface area contributed by atoms with E-state index in [9.17, 15) is 0 Å². The van der Waals surface area contributed by atoms with Crippen LogP contribution < -0.4 is 10.5 Å². The van der Waals surface area contributed by atoms with Crippen molar-refractivity contribution in [2.75, 3.05) is 12.3 Å². The second kappa shape index (κ2) is 3.00. The van der Waals surface area contributed by atoms with E-state index < -0.39 is 13.4 Å². The summed E-state index contributed by atoms with van der Waals surface area (Å²) in [4.78, 5) is 7.16. The maximum absolute atomic E-state index is 7.16. The third kappa shape index (κ3) is 1.58. The molecule has 0 saturated heterocycles. The fourth-order valence-electron chi connectivity index (χ4n) is 0.464. The quantitative estimate of drug-likeness (QED) is 0.655. The molecule has 0 amide bonds. The Balaban J connectivity index is 2.87. The summed E-state index contributed by atoms with van der Waals surface area (Å²) in [5.41, 5.74) is 5.27. The van der Waals surface area contributed by atoms with E-state index in [1.54, 1.807) is 0 Å². The van der Waals surface area contributed by atoms with Crippen LogP contribution in [0.25, 0.3) is 0 Å². The van der Waals surface area contributed by atoms with Gasteiger partial charge in [0.2, 0.25) is 5.88 Å². The van der Waals surface area contributed by atoms with E-state index in [0.29, 0.717) is 0 Å². The number of rotatable bonds is 2. The Morgan fingerprint density at radius 2 is 2.80 bits per heavy atom. The number of nitrogens with two attached hydrogens (primary N) is 1. The highest BCUT2D eigenvalue weighted by Crippen LogP contribution is 2.04. The van der Waals surface area contributed by atoms with Crippen LogP contribution in [0.1, 0.15) is 13.7 Å². The Kier molecular flexibility index (Phi) is 0.822. The van der Waals surface area contributed by atoms with Crippen molar-refractivity contribution >= 4 is 5.82 Å². The number of nitrogen functional groups attached to an aromatic ring is 1. The van der Waals surface area contributed by atoms with Crippen LogP contribution >= 0.6 is 0 Å². The molecule has 0 aliphatic carbocycles. The van der Waals surface area contributed by atoms with E-state index in [4.69, 9.17) is 12.6 Å². The van der Waals surface area contributed by atoms with Crippen molar-refractivity contribution in [2.24, 2.45) is 0 Å². The highest BCUT2D eigenvalue weighted by Gasteiger charge is 1.92. The molecule has 1 heterocycles. The van der Waals surface area contributed by atoms with Crippen LogP contribution in [0.5, 0.6) is 5.88 Å². The molecule has 4 heteroatoms. The van der Waals surface area contributed by atoms with Gasteiger partial charge in [0, 0.05) is 4.11 Å². The van der Waals surface area contributed by atoms with Gasteiger partial charge < -0.3 is 10.5 Å². The minimum atomic E-state index is -2.90. The molecular formula is C6H9N3O. The zero-order valence-corrected chi connectivity index (χ0v) is 5.03. The SMILES string of the molecule is [2H]C([2H])([2H])C([2H])([2H])Oc1cncc(N)n1. The summed E-state index contributed by atoms with van der Waals surface area (Å²) >= 11 is 0. The summed E-state index contributed by atoms with van der Waals surface area (Å²) < 4.78 is 39.6. The van der Waals surface area contributed by atoms with E-state index in [1.165, 1.54) is 6.20 Å². The van der Waals surface area contributed by atoms with Crippen molar-refractivity contribution < 1.29 is 11.6 Å². The molecule has 0 aliphatic rings. The summed E-state index contributed by atoms with van der Waals surface area (Å²) in [5.74, 6) is -0.245. The Morgan fingerprint density at radius 3 is 3.50 bits per heavy atom. The zero-order chi connectivity index (χ0) is 11.7. The van der Waals surface area contributed by atoms with Crippen LogP contribution in [0.2, 0.25) is 0 Å². The van der Waals surface area contributed by atoms with E-state index in [1.807, 2.05) is 0 Å². The van der Waals surface area contributed by atoms with Crippen molar-refractivity contribution in [3.05, 3.63) is 12.4 Å². The van der Waals surface area contributed by atoms with Gasteiger partial charge >= 0.3 is 0 Å². The standard InChI is InChI=1S/C6H9N3O/c1-2-10-6-4-8-3-5(7)9-6/h3-4H,2H2,1H3,(H2,7,9)/i1D3,2D2. The van der Waals surface area contributed by atoms with Gasteiger partial charge in [0.15, 0.2) is 0 Å². The molecule has 1 rings (SSSR count). The summed E-state index contributed by atoms with van der Waals surface area (Å²) in [5, 5.41) is 0. The summed E-state index contributed by atoms with van der Waals surface area (Å²) in [6.07, 6.45) is 2.32. The number of ether oxygens (including phenoxy) is 1. The van der Waals surface area contributed by atoms with Crippen LogP contribution in [0.15, 0.2) is 12.4 Å². The number of anilines is 1. The second-order valence-corrected chi connectivity index (χ2v) is 1.49. The molecule has 1 aromatic rings. The van der Waals surface area contributed by atoms with E-state index in [-0.39, 0.29) is 11.7 Å². The van der Waals surface area contributed by atoms with Crippen LogP contribution in [0.4, 0.5) is 5.82 Å². The van der Waals surface area contributed by atoms with Gasteiger partial charge in [-0.15, -0.1) is 0 Å². The van der Waals surface area contributed by atoms with Gasteiger partial charge in [-0.1, -0.05) is 0 Å². The third-order valence-electron chi connectivity index (χ3n) is 0.787. The van der Waals surface area contributed by atoms with Crippen LogP contribution in [0.3, 0.4) is 0 Å². The molecule has 0 radical (unpaired) electrons. The molecular weight excluding hydrogens is 130 g/mol. The topological polar surface area (TPSA) is 61.0 Å². The Hall–Kier alpha value is -1.32. The fraction of sp³-hybridized carbons (Fsp3) is 0.333.